The molecular weight excluding hydrogens is 216 g/mol. The summed E-state index contributed by atoms with van der Waals surface area (Å²) in [7, 11) is 0. The van der Waals surface area contributed by atoms with E-state index in [4.69, 9.17) is 5.73 Å². The first kappa shape index (κ1) is 11.6. The van der Waals surface area contributed by atoms with Gasteiger partial charge in [0.05, 0.1) is 5.92 Å². The predicted molar refractivity (Wildman–Crippen MR) is 65.8 cm³/mol. The summed E-state index contributed by atoms with van der Waals surface area (Å²) >= 11 is 0. The summed E-state index contributed by atoms with van der Waals surface area (Å²) in [4.78, 5) is 22.8. The third-order valence-corrected chi connectivity index (χ3v) is 3.54. The lowest BCUT2D eigenvalue weighted by molar-refractivity contribution is -0.123. The van der Waals surface area contributed by atoms with Crippen LogP contribution in [0.25, 0.3) is 0 Å². The van der Waals surface area contributed by atoms with Crippen molar-refractivity contribution < 1.29 is 9.59 Å². The number of hydrogen-bond donors (Lipinski definition) is 2. The number of hydrogen-bond acceptors (Lipinski definition) is 2. The molecule has 1 aliphatic rings. The SMILES string of the molecule is Cc1cc2c(c(C)c1C)NC(=O)C2CC(N)=O. The number of carbonyl (C=O) groups is 2. The molecule has 0 radical (unpaired) electrons. The molecule has 2 amide bonds. The van der Waals surface area contributed by atoms with Gasteiger partial charge in [-0.1, -0.05) is 6.07 Å². The molecule has 0 fully saturated rings. The van der Waals surface area contributed by atoms with Gasteiger partial charge in [-0.05, 0) is 43.0 Å². The second-order valence-corrected chi connectivity index (χ2v) is 4.62. The highest BCUT2D eigenvalue weighted by atomic mass is 16.2. The maximum atomic E-state index is 11.8. The zero-order valence-corrected chi connectivity index (χ0v) is 10.3. The Kier molecular flexibility index (Phi) is 2.65. The van der Waals surface area contributed by atoms with E-state index in [-0.39, 0.29) is 12.3 Å². The van der Waals surface area contributed by atoms with Crippen molar-refractivity contribution in [3.63, 3.8) is 0 Å². The number of rotatable bonds is 2. The van der Waals surface area contributed by atoms with Gasteiger partial charge < -0.3 is 11.1 Å². The minimum absolute atomic E-state index is 0.0702. The minimum atomic E-state index is -0.450. The Morgan fingerprint density at radius 2 is 2.00 bits per heavy atom. The predicted octanol–water partition coefficient (Wildman–Crippen LogP) is 1.52. The summed E-state index contributed by atoms with van der Waals surface area (Å²) in [6, 6.07) is 1.98. The number of nitrogens with one attached hydrogen (secondary N) is 1. The molecule has 0 aliphatic carbocycles. The highest BCUT2D eigenvalue weighted by molar-refractivity contribution is 6.05. The van der Waals surface area contributed by atoms with Gasteiger partial charge in [0.25, 0.3) is 0 Å². The van der Waals surface area contributed by atoms with Crippen molar-refractivity contribution in [1.82, 2.24) is 0 Å². The molecule has 2 rings (SSSR count). The molecule has 0 bridgehead atoms. The number of amides is 2. The molecule has 0 saturated heterocycles. The molecular formula is C13H16N2O2. The quantitative estimate of drug-likeness (QED) is 0.811. The molecule has 1 unspecified atom stereocenters. The Bertz CT molecular complexity index is 521. The molecule has 0 spiro atoms. The maximum absolute atomic E-state index is 11.8. The minimum Gasteiger partial charge on any atom is -0.370 e. The van der Waals surface area contributed by atoms with E-state index < -0.39 is 11.8 Å². The zero-order chi connectivity index (χ0) is 12.7. The Morgan fingerprint density at radius 1 is 1.35 bits per heavy atom. The molecule has 17 heavy (non-hydrogen) atoms. The van der Waals surface area contributed by atoms with Crippen LogP contribution in [0.4, 0.5) is 5.69 Å². The van der Waals surface area contributed by atoms with Gasteiger partial charge >= 0.3 is 0 Å². The summed E-state index contributed by atoms with van der Waals surface area (Å²) in [5.74, 6) is -1.01. The fourth-order valence-electron chi connectivity index (χ4n) is 2.31. The van der Waals surface area contributed by atoms with Crippen LogP contribution in [0.1, 0.15) is 34.6 Å². The third kappa shape index (κ3) is 1.79. The highest BCUT2D eigenvalue weighted by Crippen LogP contribution is 2.39. The topological polar surface area (TPSA) is 72.2 Å². The molecule has 90 valence electrons. The number of benzene rings is 1. The third-order valence-electron chi connectivity index (χ3n) is 3.54. The van der Waals surface area contributed by atoms with Gasteiger partial charge in [0.1, 0.15) is 0 Å². The monoisotopic (exact) mass is 232 g/mol. The number of nitrogens with two attached hydrogens (primary N) is 1. The zero-order valence-electron chi connectivity index (χ0n) is 10.3. The second-order valence-electron chi connectivity index (χ2n) is 4.62. The lowest BCUT2D eigenvalue weighted by atomic mass is 9.91. The van der Waals surface area contributed by atoms with E-state index in [9.17, 15) is 9.59 Å². The first-order valence-corrected chi connectivity index (χ1v) is 5.61. The lowest BCUT2D eigenvalue weighted by Crippen LogP contribution is -2.20. The second kappa shape index (κ2) is 3.87. The molecule has 4 nitrogen and oxygen atoms in total. The summed E-state index contributed by atoms with van der Waals surface area (Å²) in [5.41, 5.74) is 10.3. The van der Waals surface area contributed by atoms with E-state index >= 15 is 0 Å². The van der Waals surface area contributed by atoms with Crippen LogP contribution in [-0.2, 0) is 9.59 Å². The van der Waals surface area contributed by atoms with Crippen LogP contribution in [0.5, 0.6) is 0 Å². The van der Waals surface area contributed by atoms with Gasteiger partial charge in [-0.25, -0.2) is 0 Å². The highest BCUT2D eigenvalue weighted by Gasteiger charge is 2.33. The molecule has 1 heterocycles. The average Bonchev–Trinajstić information content (AvgIpc) is 2.53. The number of anilines is 1. The molecule has 1 aliphatic heterocycles. The van der Waals surface area contributed by atoms with E-state index in [0.29, 0.717) is 0 Å². The summed E-state index contributed by atoms with van der Waals surface area (Å²) in [6.07, 6.45) is 0.0702. The molecule has 0 aromatic heterocycles. The summed E-state index contributed by atoms with van der Waals surface area (Å²) in [6.45, 7) is 6.01. The Hall–Kier alpha value is -1.84. The van der Waals surface area contributed by atoms with Crippen molar-refractivity contribution in [2.45, 2.75) is 33.1 Å². The average molecular weight is 232 g/mol. The van der Waals surface area contributed by atoms with E-state index in [2.05, 4.69) is 5.32 Å². The van der Waals surface area contributed by atoms with Crippen molar-refractivity contribution in [3.05, 3.63) is 28.3 Å². The number of fused-ring (bicyclic) bond motifs is 1. The summed E-state index contributed by atoms with van der Waals surface area (Å²) in [5, 5.41) is 2.84. The Labute approximate surface area is 100 Å². The van der Waals surface area contributed by atoms with E-state index in [0.717, 1.165) is 22.4 Å². The normalized spacial score (nSPS) is 17.8. The van der Waals surface area contributed by atoms with E-state index in [1.807, 2.05) is 26.8 Å². The van der Waals surface area contributed by atoms with Gasteiger partial charge in [0.2, 0.25) is 11.8 Å². The van der Waals surface area contributed by atoms with Crippen molar-refractivity contribution in [2.75, 3.05) is 5.32 Å². The van der Waals surface area contributed by atoms with Gasteiger partial charge in [-0.3, -0.25) is 9.59 Å². The number of primary amides is 1. The molecule has 0 saturated carbocycles. The van der Waals surface area contributed by atoms with Gasteiger partial charge in [-0.2, -0.15) is 0 Å². The molecule has 1 atom stereocenters. The number of aryl methyl sites for hydroxylation is 1. The fraction of sp³-hybridized carbons (Fsp3) is 0.385. The van der Waals surface area contributed by atoms with Crippen LogP contribution in [0.15, 0.2) is 6.07 Å². The lowest BCUT2D eigenvalue weighted by Gasteiger charge is -2.12. The van der Waals surface area contributed by atoms with Crippen molar-refractivity contribution in [2.24, 2.45) is 5.73 Å². The largest absolute Gasteiger partial charge is 0.370 e. The first-order chi connectivity index (χ1) is 7.91. The summed E-state index contributed by atoms with van der Waals surface area (Å²) < 4.78 is 0. The Morgan fingerprint density at radius 3 is 2.59 bits per heavy atom. The van der Waals surface area contributed by atoms with Gasteiger partial charge in [0, 0.05) is 12.1 Å². The van der Waals surface area contributed by atoms with Crippen molar-refractivity contribution in [1.29, 1.82) is 0 Å². The smallest absolute Gasteiger partial charge is 0.232 e. The fourth-order valence-corrected chi connectivity index (χ4v) is 2.31. The van der Waals surface area contributed by atoms with Crippen LogP contribution in [0.3, 0.4) is 0 Å². The maximum Gasteiger partial charge on any atom is 0.232 e. The van der Waals surface area contributed by atoms with Gasteiger partial charge in [0.15, 0.2) is 0 Å². The van der Waals surface area contributed by atoms with Crippen LogP contribution >= 0.6 is 0 Å². The standard InChI is InChI=1S/C13H16N2O2/c1-6-4-9-10(5-11(14)16)13(17)15-12(9)8(3)7(6)2/h4,10H,5H2,1-3H3,(H2,14,16)(H,15,17). The van der Waals surface area contributed by atoms with Crippen LogP contribution in [0, 0.1) is 20.8 Å². The molecule has 4 heteroatoms. The number of carbonyl (C=O) groups excluding carboxylic acids is 2. The van der Waals surface area contributed by atoms with Crippen molar-refractivity contribution in [3.8, 4) is 0 Å². The molecule has 3 N–H and O–H groups in total. The molecule has 1 aromatic carbocycles. The van der Waals surface area contributed by atoms with E-state index in [1.165, 1.54) is 5.56 Å². The first-order valence-electron chi connectivity index (χ1n) is 5.61. The van der Waals surface area contributed by atoms with Crippen LogP contribution in [0.2, 0.25) is 0 Å². The molecule has 1 aromatic rings. The van der Waals surface area contributed by atoms with Crippen molar-refractivity contribution >= 4 is 17.5 Å². The van der Waals surface area contributed by atoms with Crippen LogP contribution < -0.4 is 11.1 Å². The Balaban J connectivity index is 2.54. The van der Waals surface area contributed by atoms with E-state index in [1.54, 1.807) is 0 Å². The van der Waals surface area contributed by atoms with Crippen LogP contribution in [-0.4, -0.2) is 11.8 Å². The van der Waals surface area contributed by atoms with Gasteiger partial charge in [-0.15, -0.1) is 0 Å².